The highest BCUT2D eigenvalue weighted by Gasteiger charge is 2.14. The standard InChI is InChI=1S/C22H33N5O2/c1-16-14-19-20(15-17(16)2)27(22(29)18(3)24-19)9-6-21(28)23-7-5-8-26-12-10-25(4)11-13-26/h14-15H,5-13H2,1-4H3,(H,23,28). The van der Waals surface area contributed by atoms with E-state index in [-0.39, 0.29) is 11.5 Å². The van der Waals surface area contributed by atoms with Gasteiger partial charge in [0.1, 0.15) is 5.69 Å². The number of likely N-dealkylation sites (N-methyl/N-ethyl adjacent to an activating group) is 1. The molecule has 7 heteroatoms. The molecule has 2 aromatic rings. The molecule has 1 fully saturated rings. The number of nitrogens with zero attached hydrogens (tertiary/aromatic N) is 4. The zero-order valence-electron chi connectivity index (χ0n) is 18.1. The molecule has 0 atom stereocenters. The van der Waals surface area contributed by atoms with E-state index < -0.39 is 0 Å². The van der Waals surface area contributed by atoms with Crippen LogP contribution in [-0.2, 0) is 11.3 Å². The first-order valence-electron chi connectivity index (χ1n) is 10.5. The van der Waals surface area contributed by atoms with E-state index in [9.17, 15) is 9.59 Å². The molecular weight excluding hydrogens is 366 g/mol. The number of rotatable bonds is 7. The van der Waals surface area contributed by atoms with E-state index in [4.69, 9.17) is 0 Å². The molecule has 0 aliphatic carbocycles. The highest BCUT2D eigenvalue weighted by Crippen LogP contribution is 2.17. The first-order chi connectivity index (χ1) is 13.8. The van der Waals surface area contributed by atoms with Crippen molar-refractivity contribution in [1.82, 2.24) is 24.7 Å². The van der Waals surface area contributed by atoms with E-state index in [0.717, 1.165) is 61.3 Å². The molecule has 1 N–H and O–H groups in total. The smallest absolute Gasteiger partial charge is 0.272 e. The molecule has 7 nitrogen and oxygen atoms in total. The number of hydrogen-bond acceptors (Lipinski definition) is 5. The van der Waals surface area contributed by atoms with Crippen LogP contribution in [0, 0.1) is 20.8 Å². The van der Waals surface area contributed by atoms with E-state index >= 15 is 0 Å². The van der Waals surface area contributed by atoms with Gasteiger partial charge < -0.3 is 19.7 Å². The molecule has 1 aliphatic heterocycles. The molecule has 1 aromatic carbocycles. The van der Waals surface area contributed by atoms with Crippen molar-refractivity contribution in [3.05, 3.63) is 39.3 Å². The van der Waals surface area contributed by atoms with Crippen molar-refractivity contribution in [2.24, 2.45) is 0 Å². The summed E-state index contributed by atoms with van der Waals surface area (Å²) in [7, 11) is 2.15. The van der Waals surface area contributed by atoms with Crippen molar-refractivity contribution < 1.29 is 4.79 Å². The predicted molar refractivity (Wildman–Crippen MR) is 116 cm³/mol. The van der Waals surface area contributed by atoms with Crippen LogP contribution in [-0.4, -0.2) is 71.6 Å². The summed E-state index contributed by atoms with van der Waals surface area (Å²) in [5.41, 5.74) is 4.21. The van der Waals surface area contributed by atoms with Gasteiger partial charge in [-0.05, 0) is 64.0 Å². The van der Waals surface area contributed by atoms with Gasteiger partial charge in [0, 0.05) is 45.7 Å². The van der Waals surface area contributed by atoms with Crippen LogP contribution in [0.4, 0.5) is 0 Å². The lowest BCUT2D eigenvalue weighted by molar-refractivity contribution is -0.121. The summed E-state index contributed by atoms with van der Waals surface area (Å²) in [6, 6.07) is 4.00. The average molecular weight is 400 g/mol. The van der Waals surface area contributed by atoms with Crippen molar-refractivity contribution in [1.29, 1.82) is 0 Å². The summed E-state index contributed by atoms with van der Waals surface area (Å²) in [4.78, 5) is 34.1. The summed E-state index contributed by atoms with van der Waals surface area (Å²) in [5.74, 6) is -0.0123. The van der Waals surface area contributed by atoms with Gasteiger partial charge in [-0.3, -0.25) is 9.59 Å². The summed E-state index contributed by atoms with van der Waals surface area (Å²) >= 11 is 0. The molecule has 158 valence electrons. The monoisotopic (exact) mass is 399 g/mol. The first-order valence-corrected chi connectivity index (χ1v) is 10.5. The highest BCUT2D eigenvalue weighted by atomic mass is 16.1. The zero-order chi connectivity index (χ0) is 21.0. The second-order valence-electron chi connectivity index (χ2n) is 8.18. The second-order valence-corrected chi connectivity index (χ2v) is 8.18. The Morgan fingerprint density at radius 1 is 1.07 bits per heavy atom. The fourth-order valence-corrected chi connectivity index (χ4v) is 3.75. The topological polar surface area (TPSA) is 70.5 Å². The van der Waals surface area contributed by atoms with Gasteiger partial charge in [-0.25, -0.2) is 4.98 Å². The van der Waals surface area contributed by atoms with Crippen LogP contribution >= 0.6 is 0 Å². The van der Waals surface area contributed by atoms with Gasteiger partial charge in [0.25, 0.3) is 5.56 Å². The fourth-order valence-electron chi connectivity index (χ4n) is 3.75. The molecule has 0 spiro atoms. The summed E-state index contributed by atoms with van der Waals surface area (Å²) in [5, 5.41) is 3.00. The van der Waals surface area contributed by atoms with Crippen molar-refractivity contribution in [3.8, 4) is 0 Å². The lowest BCUT2D eigenvalue weighted by Crippen LogP contribution is -2.45. The van der Waals surface area contributed by atoms with Gasteiger partial charge >= 0.3 is 0 Å². The SMILES string of the molecule is Cc1cc2nc(C)c(=O)n(CCC(=O)NCCCN3CCN(C)CC3)c2cc1C. The number of carbonyl (C=O) groups is 1. The van der Waals surface area contributed by atoms with Crippen LogP contribution in [0.25, 0.3) is 11.0 Å². The molecule has 0 saturated carbocycles. The molecule has 29 heavy (non-hydrogen) atoms. The normalized spacial score (nSPS) is 15.7. The number of aromatic nitrogens is 2. The van der Waals surface area contributed by atoms with Crippen LogP contribution in [0.1, 0.15) is 29.7 Å². The third-order valence-corrected chi connectivity index (χ3v) is 5.86. The van der Waals surface area contributed by atoms with Gasteiger partial charge in [-0.15, -0.1) is 0 Å². The molecule has 0 unspecified atom stereocenters. The summed E-state index contributed by atoms with van der Waals surface area (Å²) in [6.45, 7) is 12.3. The largest absolute Gasteiger partial charge is 0.356 e. The van der Waals surface area contributed by atoms with Crippen molar-refractivity contribution in [3.63, 3.8) is 0 Å². The highest BCUT2D eigenvalue weighted by molar-refractivity contribution is 5.78. The maximum absolute atomic E-state index is 12.6. The van der Waals surface area contributed by atoms with Crippen molar-refractivity contribution >= 4 is 16.9 Å². The molecule has 1 amide bonds. The Hall–Kier alpha value is -2.25. The average Bonchev–Trinajstić information content (AvgIpc) is 2.69. The van der Waals surface area contributed by atoms with Crippen LogP contribution in [0.5, 0.6) is 0 Å². The molecule has 0 bridgehead atoms. The van der Waals surface area contributed by atoms with E-state index in [1.165, 1.54) is 0 Å². The Morgan fingerprint density at radius 3 is 2.48 bits per heavy atom. The minimum atomic E-state index is -0.122. The lowest BCUT2D eigenvalue weighted by Gasteiger charge is -2.32. The third-order valence-electron chi connectivity index (χ3n) is 5.86. The van der Waals surface area contributed by atoms with E-state index in [1.54, 1.807) is 11.5 Å². The number of carbonyl (C=O) groups excluding carboxylic acids is 1. The molecule has 1 saturated heterocycles. The Morgan fingerprint density at radius 2 is 1.76 bits per heavy atom. The molecule has 3 rings (SSSR count). The molecule has 2 heterocycles. The number of amides is 1. The van der Waals surface area contributed by atoms with Gasteiger partial charge in [-0.2, -0.15) is 0 Å². The third kappa shape index (κ3) is 5.42. The number of benzene rings is 1. The summed E-state index contributed by atoms with van der Waals surface area (Å²) < 4.78 is 1.69. The minimum absolute atomic E-state index is 0.0123. The molecule has 1 aliphatic rings. The van der Waals surface area contributed by atoms with Crippen LogP contribution in [0.2, 0.25) is 0 Å². The molecular formula is C22H33N5O2. The van der Waals surface area contributed by atoms with Gasteiger partial charge in [-0.1, -0.05) is 0 Å². The fraction of sp³-hybridized carbons (Fsp3) is 0.591. The van der Waals surface area contributed by atoms with E-state index in [0.29, 0.717) is 25.2 Å². The Kier molecular flexibility index (Phi) is 7.03. The van der Waals surface area contributed by atoms with E-state index in [2.05, 4.69) is 27.1 Å². The van der Waals surface area contributed by atoms with Gasteiger partial charge in [0.05, 0.1) is 11.0 Å². The molecule has 1 aromatic heterocycles. The number of hydrogen-bond donors (Lipinski definition) is 1. The van der Waals surface area contributed by atoms with Gasteiger partial charge in [0.2, 0.25) is 5.91 Å². The first kappa shape index (κ1) is 21.5. The van der Waals surface area contributed by atoms with Crippen LogP contribution in [0.15, 0.2) is 16.9 Å². The summed E-state index contributed by atoms with van der Waals surface area (Å²) in [6.07, 6.45) is 1.24. The zero-order valence-corrected chi connectivity index (χ0v) is 18.1. The number of nitrogens with one attached hydrogen (secondary N) is 1. The Bertz CT molecular complexity index is 929. The Labute approximate surface area is 172 Å². The number of fused-ring (bicyclic) bond motifs is 1. The van der Waals surface area contributed by atoms with Gasteiger partial charge in [0.15, 0.2) is 0 Å². The van der Waals surface area contributed by atoms with E-state index in [1.807, 2.05) is 26.0 Å². The molecule has 0 radical (unpaired) electrons. The second kappa shape index (κ2) is 9.50. The van der Waals surface area contributed by atoms with Crippen molar-refractivity contribution in [2.75, 3.05) is 46.3 Å². The number of aryl methyl sites for hydroxylation is 4. The van der Waals surface area contributed by atoms with Crippen LogP contribution in [0.3, 0.4) is 0 Å². The predicted octanol–water partition coefficient (Wildman–Crippen LogP) is 1.47. The maximum Gasteiger partial charge on any atom is 0.272 e. The number of piperazine rings is 1. The lowest BCUT2D eigenvalue weighted by atomic mass is 10.1. The maximum atomic E-state index is 12.6. The quantitative estimate of drug-likeness (QED) is 0.714. The Balaban J connectivity index is 1.53. The van der Waals surface area contributed by atoms with Crippen LogP contribution < -0.4 is 10.9 Å². The van der Waals surface area contributed by atoms with Crippen molar-refractivity contribution in [2.45, 2.75) is 40.2 Å². The minimum Gasteiger partial charge on any atom is -0.356 e.